The molecule has 0 heterocycles. The van der Waals surface area contributed by atoms with Crippen LogP contribution in [0.25, 0.3) is 0 Å². The number of ether oxygens (including phenoxy) is 1. The summed E-state index contributed by atoms with van der Waals surface area (Å²) in [6, 6.07) is 10.4. The molecule has 21 heavy (non-hydrogen) atoms. The Morgan fingerprint density at radius 1 is 1.29 bits per heavy atom. The number of methoxy groups -OCH3 is 1. The first-order chi connectivity index (χ1) is 10.0. The van der Waals surface area contributed by atoms with Crippen LogP contribution in [0.3, 0.4) is 0 Å². The van der Waals surface area contributed by atoms with E-state index in [0.717, 1.165) is 0 Å². The fourth-order valence-corrected chi connectivity index (χ4v) is 1.84. The number of nitro benzene ring substituents is 1. The number of anilines is 2. The second kappa shape index (κ2) is 5.91. The van der Waals surface area contributed by atoms with E-state index in [0.29, 0.717) is 17.1 Å². The van der Waals surface area contributed by atoms with Crippen molar-refractivity contribution in [1.82, 2.24) is 0 Å². The molecule has 0 fully saturated rings. The molecule has 0 aliphatic rings. The van der Waals surface area contributed by atoms with Crippen molar-refractivity contribution < 1.29 is 14.5 Å². The molecule has 0 radical (unpaired) electrons. The summed E-state index contributed by atoms with van der Waals surface area (Å²) in [5.41, 5.74) is 6.26. The van der Waals surface area contributed by atoms with Crippen LogP contribution in [0.1, 0.15) is 10.4 Å². The number of nitrogens with zero attached hydrogens (tertiary/aromatic N) is 1. The molecular weight excluding hydrogens is 274 g/mol. The number of nitrogens with one attached hydrogen (secondary N) is 1. The fourth-order valence-electron chi connectivity index (χ4n) is 1.84. The third kappa shape index (κ3) is 3.08. The minimum Gasteiger partial charge on any atom is -0.495 e. The Morgan fingerprint density at radius 2 is 2.00 bits per heavy atom. The zero-order chi connectivity index (χ0) is 15.4. The van der Waals surface area contributed by atoms with Gasteiger partial charge in [0.25, 0.3) is 11.6 Å². The van der Waals surface area contributed by atoms with Crippen LogP contribution in [0.5, 0.6) is 5.75 Å². The number of nitro groups is 1. The fraction of sp³-hybridized carbons (Fsp3) is 0.0714. The number of hydrogen-bond donors (Lipinski definition) is 2. The van der Waals surface area contributed by atoms with E-state index in [-0.39, 0.29) is 11.3 Å². The number of para-hydroxylation sites is 1. The molecular formula is C14H13N3O4. The maximum atomic E-state index is 12.1. The van der Waals surface area contributed by atoms with Gasteiger partial charge in [0.1, 0.15) is 11.3 Å². The van der Waals surface area contributed by atoms with Crippen molar-refractivity contribution in [3.63, 3.8) is 0 Å². The molecule has 0 aliphatic carbocycles. The van der Waals surface area contributed by atoms with Crippen molar-refractivity contribution >= 4 is 23.0 Å². The second-order valence-electron chi connectivity index (χ2n) is 4.19. The Labute approximate surface area is 120 Å². The number of amides is 1. The molecule has 3 N–H and O–H groups in total. The Kier molecular flexibility index (Phi) is 4.03. The molecule has 0 unspecified atom stereocenters. The van der Waals surface area contributed by atoms with Gasteiger partial charge in [-0.3, -0.25) is 14.9 Å². The van der Waals surface area contributed by atoms with E-state index >= 15 is 0 Å². The standard InChI is InChI=1S/C14H13N3O4/c1-21-13-7-6-9(8-11(13)15)16-14(18)10-4-2-3-5-12(10)17(19)20/h2-8H,15H2,1H3,(H,16,18). The number of benzene rings is 2. The average Bonchev–Trinajstić information content (AvgIpc) is 2.47. The monoisotopic (exact) mass is 287 g/mol. The van der Waals surface area contributed by atoms with E-state index in [4.69, 9.17) is 10.5 Å². The van der Waals surface area contributed by atoms with Crippen molar-refractivity contribution in [3.8, 4) is 5.75 Å². The molecule has 0 saturated heterocycles. The Morgan fingerprint density at radius 3 is 2.62 bits per heavy atom. The molecule has 0 spiro atoms. The third-order valence-electron chi connectivity index (χ3n) is 2.83. The maximum absolute atomic E-state index is 12.1. The van der Waals surface area contributed by atoms with Crippen molar-refractivity contribution in [1.29, 1.82) is 0 Å². The highest BCUT2D eigenvalue weighted by atomic mass is 16.6. The van der Waals surface area contributed by atoms with Crippen LogP contribution >= 0.6 is 0 Å². The Hall–Kier alpha value is -3.09. The van der Waals surface area contributed by atoms with Crippen LogP contribution in [0, 0.1) is 10.1 Å². The van der Waals surface area contributed by atoms with E-state index < -0.39 is 10.8 Å². The smallest absolute Gasteiger partial charge is 0.282 e. The number of nitrogen functional groups attached to an aromatic ring is 1. The van der Waals surface area contributed by atoms with Crippen LogP contribution < -0.4 is 15.8 Å². The molecule has 0 aromatic heterocycles. The van der Waals surface area contributed by atoms with Gasteiger partial charge in [-0.15, -0.1) is 0 Å². The number of rotatable bonds is 4. The van der Waals surface area contributed by atoms with Crippen LogP contribution in [-0.2, 0) is 0 Å². The van der Waals surface area contributed by atoms with Crippen LogP contribution in [-0.4, -0.2) is 17.9 Å². The summed E-state index contributed by atoms with van der Waals surface area (Å²) in [7, 11) is 1.48. The average molecular weight is 287 g/mol. The predicted octanol–water partition coefficient (Wildman–Crippen LogP) is 2.44. The lowest BCUT2D eigenvalue weighted by molar-refractivity contribution is -0.385. The predicted molar refractivity (Wildman–Crippen MR) is 78.5 cm³/mol. The zero-order valence-electron chi connectivity index (χ0n) is 11.2. The molecule has 2 rings (SSSR count). The van der Waals surface area contributed by atoms with E-state index in [2.05, 4.69) is 5.32 Å². The topological polar surface area (TPSA) is 107 Å². The van der Waals surface area contributed by atoms with Gasteiger partial charge in [0, 0.05) is 11.8 Å². The first-order valence-corrected chi connectivity index (χ1v) is 6.01. The van der Waals surface area contributed by atoms with Crippen LogP contribution in [0.2, 0.25) is 0 Å². The zero-order valence-corrected chi connectivity index (χ0v) is 11.2. The molecule has 0 bridgehead atoms. The highest BCUT2D eigenvalue weighted by molar-refractivity contribution is 6.07. The van der Waals surface area contributed by atoms with Crippen molar-refractivity contribution in [2.45, 2.75) is 0 Å². The molecule has 108 valence electrons. The first kappa shape index (κ1) is 14.3. The van der Waals surface area contributed by atoms with Gasteiger partial charge < -0.3 is 15.8 Å². The van der Waals surface area contributed by atoms with E-state index in [1.807, 2.05) is 0 Å². The van der Waals surface area contributed by atoms with Gasteiger partial charge in [-0.2, -0.15) is 0 Å². The van der Waals surface area contributed by atoms with E-state index in [1.54, 1.807) is 18.2 Å². The number of carbonyl (C=O) groups is 1. The van der Waals surface area contributed by atoms with Crippen molar-refractivity contribution in [3.05, 3.63) is 58.1 Å². The molecule has 2 aromatic carbocycles. The SMILES string of the molecule is COc1ccc(NC(=O)c2ccccc2[N+](=O)[O-])cc1N. The Bertz CT molecular complexity index is 700. The summed E-state index contributed by atoms with van der Waals surface area (Å²) in [4.78, 5) is 22.4. The largest absolute Gasteiger partial charge is 0.495 e. The lowest BCUT2D eigenvalue weighted by Gasteiger charge is -2.09. The first-order valence-electron chi connectivity index (χ1n) is 6.01. The molecule has 7 nitrogen and oxygen atoms in total. The van der Waals surface area contributed by atoms with Gasteiger partial charge in [0.2, 0.25) is 0 Å². The van der Waals surface area contributed by atoms with Gasteiger partial charge in [0.15, 0.2) is 0 Å². The highest BCUT2D eigenvalue weighted by Crippen LogP contribution is 2.25. The third-order valence-corrected chi connectivity index (χ3v) is 2.83. The summed E-state index contributed by atoms with van der Waals surface area (Å²) < 4.78 is 5.01. The number of hydrogen-bond acceptors (Lipinski definition) is 5. The number of carbonyl (C=O) groups excluding carboxylic acids is 1. The second-order valence-corrected chi connectivity index (χ2v) is 4.19. The highest BCUT2D eigenvalue weighted by Gasteiger charge is 2.19. The van der Waals surface area contributed by atoms with Crippen LogP contribution in [0.15, 0.2) is 42.5 Å². The Balaban J connectivity index is 2.26. The van der Waals surface area contributed by atoms with Gasteiger partial charge in [-0.05, 0) is 24.3 Å². The van der Waals surface area contributed by atoms with Gasteiger partial charge >= 0.3 is 0 Å². The summed E-state index contributed by atoms with van der Waals surface area (Å²) in [6.45, 7) is 0. The van der Waals surface area contributed by atoms with Gasteiger partial charge in [-0.1, -0.05) is 12.1 Å². The molecule has 0 atom stereocenters. The quantitative estimate of drug-likeness (QED) is 0.510. The van der Waals surface area contributed by atoms with E-state index in [9.17, 15) is 14.9 Å². The molecule has 1 amide bonds. The van der Waals surface area contributed by atoms with Gasteiger partial charge in [0.05, 0.1) is 17.7 Å². The molecule has 2 aromatic rings. The summed E-state index contributed by atoms with van der Waals surface area (Å²) in [6.07, 6.45) is 0. The molecule has 0 aliphatic heterocycles. The lowest BCUT2D eigenvalue weighted by atomic mass is 10.1. The number of nitrogens with two attached hydrogens (primary N) is 1. The normalized spacial score (nSPS) is 9.95. The van der Waals surface area contributed by atoms with Gasteiger partial charge in [-0.25, -0.2) is 0 Å². The van der Waals surface area contributed by atoms with Crippen molar-refractivity contribution in [2.24, 2.45) is 0 Å². The lowest BCUT2D eigenvalue weighted by Crippen LogP contribution is -2.14. The van der Waals surface area contributed by atoms with Crippen LogP contribution in [0.4, 0.5) is 17.1 Å². The summed E-state index contributed by atoms with van der Waals surface area (Å²) in [5.74, 6) is -0.0921. The van der Waals surface area contributed by atoms with Crippen molar-refractivity contribution in [2.75, 3.05) is 18.2 Å². The van der Waals surface area contributed by atoms with E-state index in [1.165, 1.54) is 31.4 Å². The molecule has 7 heteroatoms. The maximum Gasteiger partial charge on any atom is 0.282 e. The summed E-state index contributed by atoms with van der Waals surface area (Å²) in [5, 5.41) is 13.5. The summed E-state index contributed by atoms with van der Waals surface area (Å²) >= 11 is 0. The minimum atomic E-state index is -0.600. The minimum absolute atomic E-state index is 0.0168. The molecule has 0 saturated carbocycles.